The average Bonchev–Trinajstić information content (AvgIpc) is 2.87. The minimum absolute atomic E-state index is 0.0681. The normalized spacial score (nSPS) is 53.6. The molecule has 4 rings (SSSR count). The molecule has 0 heterocycles. The van der Waals surface area contributed by atoms with Crippen LogP contribution in [0.4, 0.5) is 0 Å². The maximum absolute atomic E-state index is 12.2. The first-order valence-electron chi connectivity index (χ1n) is 9.83. The van der Waals surface area contributed by atoms with Gasteiger partial charge >= 0.3 is 0 Å². The van der Waals surface area contributed by atoms with E-state index in [-0.39, 0.29) is 28.8 Å². The van der Waals surface area contributed by atoms with Gasteiger partial charge in [0.05, 0.1) is 11.7 Å². The van der Waals surface area contributed by atoms with E-state index in [1.807, 2.05) is 0 Å². The molecule has 3 nitrogen and oxygen atoms in total. The summed E-state index contributed by atoms with van der Waals surface area (Å²) in [6, 6.07) is 0. The molecule has 0 aromatic carbocycles. The van der Waals surface area contributed by atoms with Crippen LogP contribution < -0.4 is 0 Å². The lowest BCUT2D eigenvalue weighted by molar-refractivity contribution is -0.188. The molecule has 4 aliphatic carbocycles. The molecule has 2 N–H and O–H groups in total. The maximum atomic E-state index is 12.2. The third kappa shape index (κ3) is 1.94. The Kier molecular flexibility index (Phi) is 3.61. The lowest BCUT2D eigenvalue weighted by Gasteiger charge is -2.62. The van der Waals surface area contributed by atoms with Crippen molar-refractivity contribution in [2.75, 3.05) is 0 Å². The summed E-state index contributed by atoms with van der Waals surface area (Å²) < 4.78 is 0. The summed E-state index contributed by atoms with van der Waals surface area (Å²) in [5, 5.41) is 22.0. The van der Waals surface area contributed by atoms with Crippen molar-refractivity contribution in [2.45, 2.75) is 83.8 Å². The second-order valence-corrected chi connectivity index (χ2v) is 9.58. The number of allylic oxidation sites excluding steroid dienone is 1. The molecule has 0 aliphatic heterocycles. The van der Waals surface area contributed by atoms with Crippen molar-refractivity contribution in [1.29, 1.82) is 0 Å². The van der Waals surface area contributed by atoms with Crippen LogP contribution in [0, 0.1) is 28.6 Å². The summed E-state index contributed by atoms with van der Waals surface area (Å²) in [4.78, 5) is 12.2. The van der Waals surface area contributed by atoms with Crippen LogP contribution in [-0.4, -0.2) is 27.7 Å². The van der Waals surface area contributed by atoms with E-state index in [2.05, 4.69) is 19.9 Å². The van der Waals surface area contributed by atoms with Crippen molar-refractivity contribution in [3.63, 3.8) is 0 Å². The van der Waals surface area contributed by atoms with Gasteiger partial charge in [-0.05, 0) is 75.5 Å². The zero-order chi connectivity index (χ0) is 17.3. The summed E-state index contributed by atoms with van der Waals surface area (Å²) >= 11 is 0. The highest BCUT2D eigenvalue weighted by atomic mass is 16.3. The second-order valence-electron chi connectivity index (χ2n) is 9.58. The molecule has 0 bridgehead atoms. The smallest absolute Gasteiger partial charge is 0.133 e. The number of Topliss-reactive ketones (excluding diaryl/α,β-unsaturated/α-hetero) is 1. The van der Waals surface area contributed by atoms with E-state index in [9.17, 15) is 15.0 Å². The molecule has 4 aliphatic rings. The van der Waals surface area contributed by atoms with Gasteiger partial charge in [-0.15, -0.1) is 0 Å². The van der Waals surface area contributed by atoms with Gasteiger partial charge in [0.25, 0.3) is 0 Å². The fourth-order valence-electron chi connectivity index (χ4n) is 7.24. The van der Waals surface area contributed by atoms with Gasteiger partial charge < -0.3 is 10.2 Å². The van der Waals surface area contributed by atoms with Crippen LogP contribution in [0.1, 0.15) is 72.1 Å². The topological polar surface area (TPSA) is 57.5 Å². The van der Waals surface area contributed by atoms with Crippen molar-refractivity contribution < 1.29 is 15.0 Å². The monoisotopic (exact) mass is 332 g/mol. The van der Waals surface area contributed by atoms with Gasteiger partial charge in [-0.3, -0.25) is 4.79 Å². The minimum Gasteiger partial charge on any atom is -0.393 e. The molecule has 0 aromatic rings. The van der Waals surface area contributed by atoms with Gasteiger partial charge in [0.15, 0.2) is 0 Å². The number of carbonyl (C=O) groups excluding carboxylic acids is 1. The molecule has 3 fully saturated rings. The Hall–Kier alpha value is -0.670. The van der Waals surface area contributed by atoms with E-state index in [4.69, 9.17) is 0 Å². The molecule has 24 heavy (non-hydrogen) atoms. The van der Waals surface area contributed by atoms with E-state index < -0.39 is 5.60 Å². The van der Waals surface area contributed by atoms with E-state index >= 15 is 0 Å². The Morgan fingerprint density at radius 3 is 2.58 bits per heavy atom. The molecule has 7 atom stereocenters. The quantitative estimate of drug-likeness (QED) is 0.721. The summed E-state index contributed by atoms with van der Waals surface area (Å²) in [5.74, 6) is 1.24. The molecule has 3 saturated carbocycles. The van der Waals surface area contributed by atoms with Crippen molar-refractivity contribution in [3.8, 4) is 0 Å². The molecule has 0 unspecified atom stereocenters. The van der Waals surface area contributed by atoms with Gasteiger partial charge in [-0.2, -0.15) is 0 Å². The molecule has 0 saturated heterocycles. The third-order valence-corrected chi connectivity index (χ3v) is 8.76. The largest absolute Gasteiger partial charge is 0.393 e. The average molecular weight is 332 g/mol. The fraction of sp³-hybridized carbons (Fsp3) is 0.857. The summed E-state index contributed by atoms with van der Waals surface area (Å²) in [5.41, 5.74) is 0.501. The van der Waals surface area contributed by atoms with Crippen LogP contribution in [-0.2, 0) is 4.79 Å². The van der Waals surface area contributed by atoms with Crippen LogP contribution in [0.2, 0.25) is 0 Å². The highest BCUT2D eigenvalue weighted by molar-refractivity contribution is 5.79. The SMILES string of the molecule is CC(=O)[C@H]1CC[C@H]2[C@@H]3CC=C4C[C@@H](O)CC[C@]4(C)[C@@]3(O)CC[C@]12C. The van der Waals surface area contributed by atoms with E-state index in [0.29, 0.717) is 11.7 Å². The minimum atomic E-state index is -0.660. The lowest BCUT2D eigenvalue weighted by Crippen LogP contribution is -2.63. The first-order chi connectivity index (χ1) is 11.2. The molecule has 134 valence electrons. The predicted molar refractivity (Wildman–Crippen MR) is 93.3 cm³/mol. The van der Waals surface area contributed by atoms with Crippen LogP contribution in [0.25, 0.3) is 0 Å². The van der Waals surface area contributed by atoms with E-state index in [0.717, 1.165) is 51.4 Å². The van der Waals surface area contributed by atoms with Gasteiger partial charge in [-0.25, -0.2) is 0 Å². The summed E-state index contributed by atoms with van der Waals surface area (Å²) in [7, 11) is 0. The van der Waals surface area contributed by atoms with Gasteiger partial charge in [0.1, 0.15) is 5.78 Å². The van der Waals surface area contributed by atoms with E-state index in [1.54, 1.807) is 6.92 Å². The number of hydrogen-bond acceptors (Lipinski definition) is 3. The Morgan fingerprint density at radius 2 is 1.88 bits per heavy atom. The molecule has 0 radical (unpaired) electrons. The molecular formula is C21H32O3. The number of fused-ring (bicyclic) bond motifs is 5. The van der Waals surface area contributed by atoms with Crippen molar-refractivity contribution in [2.24, 2.45) is 28.6 Å². The van der Waals surface area contributed by atoms with Crippen molar-refractivity contribution in [1.82, 2.24) is 0 Å². The third-order valence-electron chi connectivity index (χ3n) is 8.76. The van der Waals surface area contributed by atoms with E-state index in [1.165, 1.54) is 5.57 Å². The number of carbonyl (C=O) groups is 1. The number of aliphatic hydroxyl groups is 2. The first-order valence-corrected chi connectivity index (χ1v) is 9.83. The number of ketones is 1. The van der Waals surface area contributed by atoms with Crippen molar-refractivity contribution >= 4 is 5.78 Å². The van der Waals surface area contributed by atoms with Gasteiger partial charge in [0, 0.05) is 11.3 Å². The Labute approximate surface area is 145 Å². The summed E-state index contributed by atoms with van der Waals surface area (Å²) in [6.45, 7) is 6.29. The van der Waals surface area contributed by atoms with Crippen LogP contribution in [0.5, 0.6) is 0 Å². The lowest BCUT2D eigenvalue weighted by atomic mass is 9.45. The van der Waals surface area contributed by atoms with Gasteiger partial charge in [-0.1, -0.05) is 25.5 Å². The molecular weight excluding hydrogens is 300 g/mol. The number of aliphatic hydroxyl groups excluding tert-OH is 1. The summed E-state index contributed by atoms with van der Waals surface area (Å²) in [6.07, 6.45) is 9.24. The molecule has 3 heteroatoms. The Morgan fingerprint density at radius 1 is 1.12 bits per heavy atom. The predicted octanol–water partition coefficient (Wildman–Crippen LogP) is 3.63. The Bertz CT molecular complexity index is 596. The van der Waals surface area contributed by atoms with Crippen LogP contribution in [0.3, 0.4) is 0 Å². The number of hydrogen-bond donors (Lipinski definition) is 2. The fourth-order valence-corrected chi connectivity index (χ4v) is 7.24. The van der Waals surface area contributed by atoms with Gasteiger partial charge in [0.2, 0.25) is 0 Å². The van der Waals surface area contributed by atoms with Crippen molar-refractivity contribution in [3.05, 3.63) is 11.6 Å². The molecule has 0 aromatic heterocycles. The second kappa shape index (κ2) is 5.17. The zero-order valence-corrected chi connectivity index (χ0v) is 15.3. The Balaban J connectivity index is 1.73. The molecule has 0 spiro atoms. The van der Waals surface area contributed by atoms with Crippen LogP contribution in [0.15, 0.2) is 11.6 Å². The maximum Gasteiger partial charge on any atom is 0.133 e. The molecule has 0 amide bonds. The number of rotatable bonds is 1. The standard InChI is InChI=1S/C21H32O3/c1-13(22)16-6-7-17-18-5-4-14-12-15(23)8-9-20(14,3)21(18,24)11-10-19(16,17)2/h4,15-18,23-24H,5-12H2,1-3H3/t15-,16+,17-,18-,19+,20-,21+/m0/s1. The zero-order valence-electron chi connectivity index (χ0n) is 15.3. The highest BCUT2D eigenvalue weighted by Crippen LogP contribution is 2.67. The van der Waals surface area contributed by atoms with Crippen LogP contribution >= 0.6 is 0 Å². The first kappa shape index (κ1) is 16.8. The highest BCUT2D eigenvalue weighted by Gasteiger charge is 2.65.